The van der Waals surface area contributed by atoms with Crippen LogP contribution in [0.5, 0.6) is 0 Å². The van der Waals surface area contributed by atoms with Crippen molar-refractivity contribution in [2.45, 2.75) is 32.1 Å². The smallest absolute Gasteiger partial charge is 0.251 e. The van der Waals surface area contributed by atoms with Crippen molar-refractivity contribution in [2.24, 2.45) is 0 Å². The van der Waals surface area contributed by atoms with Gasteiger partial charge in [0, 0.05) is 24.3 Å². The second-order valence-corrected chi connectivity index (χ2v) is 3.93. The highest BCUT2D eigenvalue weighted by molar-refractivity contribution is 5.07. The number of aromatic nitrogens is 2. The van der Waals surface area contributed by atoms with Gasteiger partial charge in [0.05, 0.1) is 6.61 Å². The van der Waals surface area contributed by atoms with Crippen molar-refractivity contribution in [3.63, 3.8) is 0 Å². The van der Waals surface area contributed by atoms with Gasteiger partial charge in [-0.2, -0.15) is 0 Å². The van der Waals surface area contributed by atoms with E-state index < -0.39 is 0 Å². The van der Waals surface area contributed by atoms with Crippen molar-refractivity contribution < 1.29 is 4.74 Å². The van der Waals surface area contributed by atoms with Crippen LogP contribution in [0.25, 0.3) is 0 Å². The zero-order chi connectivity index (χ0) is 10.7. The number of H-pyrrole nitrogens is 1. The van der Waals surface area contributed by atoms with Gasteiger partial charge in [-0.3, -0.25) is 4.79 Å². The predicted octanol–water partition coefficient (Wildman–Crippen LogP) is 1.23. The Bertz CT molecular complexity index is 380. The third-order valence-electron chi connectivity index (χ3n) is 2.64. The first-order valence-corrected chi connectivity index (χ1v) is 5.47. The molecule has 0 amide bonds. The van der Waals surface area contributed by atoms with Gasteiger partial charge >= 0.3 is 0 Å². The van der Waals surface area contributed by atoms with Crippen LogP contribution in [0.3, 0.4) is 0 Å². The Morgan fingerprint density at radius 2 is 2.53 bits per heavy atom. The topological polar surface area (TPSA) is 55.0 Å². The van der Waals surface area contributed by atoms with Crippen molar-refractivity contribution in [2.75, 3.05) is 13.2 Å². The summed E-state index contributed by atoms with van der Waals surface area (Å²) in [4.78, 5) is 18.7. The van der Waals surface area contributed by atoms with Crippen LogP contribution in [-0.2, 0) is 11.2 Å². The second kappa shape index (κ2) is 4.57. The maximum atomic E-state index is 11.4. The average Bonchev–Trinajstić information content (AvgIpc) is 2.70. The molecule has 1 unspecified atom stereocenters. The highest BCUT2D eigenvalue weighted by Gasteiger charge is 2.20. The zero-order valence-electron chi connectivity index (χ0n) is 8.95. The molecule has 2 rings (SSSR count). The summed E-state index contributed by atoms with van der Waals surface area (Å²) in [5.41, 5.74) is 0.846. The van der Waals surface area contributed by atoms with Gasteiger partial charge in [-0.15, -0.1) is 0 Å². The van der Waals surface area contributed by atoms with Gasteiger partial charge in [0.15, 0.2) is 0 Å². The van der Waals surface area contributed by atoms with Gasteiger partial charge < -0.3 is 9.72 Å². The minimum atomic E-state index is -0.0460. The molecule has 1 N–H and O–H groups in total. The second-order valence-electron chi connectivity index (χ2n) is 3.93. The van der Waals surface area contributed by atoms with E-state index in [9.17, 15) is 4.79 Å². The molecule has 82 valence electrons. The molecule has 1 aliphatic heterocycles. The number of aromatic amines is 1. The maximum absolute atomic E-state index is 11.4. The molecule has 4 heteroatoms. The molecule has 1 fully saturated rings. The Balaban J connectivity index is 2.26. The van der Waals surface area contributed by atoms with E-state index >= 15 is 0 Å². The molecular weight excluding hydrogens is 192 g/mol. The van der Waals surface area contributed by atoms with Crippen LogP contribution < -0.4 is 5.56 Å². The number of hydrogen-bond acceptors (Lipinski definition) is 3. The monoisotopic (exact) mass is 208 g/mol. The lowest BCUT2D eigenvalue weighted by Crippen LogP contribution is -2.16. The van der Waals surface area contributed by atoms with Crippen LogP contribution in [0.4, 0.5) is 0 Å². The number of nitrogens with one attached hydrogen (secondary N) is 1. The number of nitrogens with zero attached hydrogens (tertiary/aromatic N) is 1. The van der Waals surface area contributed by atoms with E-state index in [1.165, 1.54) is 0 Å². The Hall–Kier alpha value is -1.16. The third-order valence-corrected chi connectivity index (χ3v) is 2.64. The SMILES string of the molecule is CCCc1cc(=O)[nH]c(C2CCOC2)n1. The summed E-state index contributed by atoms with van der Waals surface area (Å²) in [6.07, 6.45) is 2.83. The first-order chi connectivity index (χ1) is 7.29. The van der Waals surface area contributed by atoms with E-state index in [1.54, 1.807) is 6.07 Å². The van der Waals surface area contributed by atoms with Crippen molar-refractivity contribution in [3.8, 4) is 0 Å². The minimum Gasteiger partial charge on any atom is -0.381 e. The van der Waals surface area contributed by atoms with E-state index in [0.29, 0.717) is 6.61 Å². The molecule has 0 spiro atoms. The third kappa shape index (κ3) is 2.45. The molecule has 1 atom stereocenters. The Morgan fingerprint density at radius 1 is 1.67 bits per heavy atom. The van der Waals surface area contributed by atoms with E-state index in [4.69, 9.17) is 4.74 Å². The van der Waals surface area contributed by atoms with Gasteiger partial charge in [-0.05, 0) is 12.8 Å². The molecule has 1 aliphatic rings. The van der Waals surface area contributed by atoms with Crippen LogP contribution >= 0.6 is 0 Å². The van der Waals surface area contributed by atoms with Crippen LogP contribution in [0.1, 0.15) is 37.2 Å². The minimum absolute atomic E-state index is 0.0460. The van der Waals surface area contributed by atoms with Crippen LogP contribution in [0.2, 0.25) is 0 Å². The normalized spacial score (nSPS) is 20.7. The van der Waals surface area contributed by atoms with E-state index in [-0.39, 0.29) is 11.5 Å². The van der Waals surface area contributed by atoms with Crippen LogP contribution in [0.15, 0.2) is 10.9 Å². The highest BCUT2D eigenvalue weighted by atomic mass is 16.5. The molecule has 0 saturated carbocycles. The van der Waals surface area contributed by atoms with Crippen molar-refractivity contribution in [3.05, 3.63) is 27.9 Å². The van der Waals surface area contributed by atoms with Gasteiger partial charge in [-0.1, -0.05) is 13.3 Å². The Kier molecular flexibility index (Phi) is 3.16. The fourth-order valence-corrected chi connectivity index (χ4v) is 1.86. The summed E-state index contributed by atoms with van der Waals surface area (Å²) in [6, 6.07) is 1.59. The van der Waals surface area contributed by atoms with Crippen molar-refractivity contribution >= 4 is 0 Å². The molecular formula is C11H16N2O2. The lowest BCUT2D eigenvalue weighted by atomic mass is 10.1. The molecule has 1 aromatic rings. The molecule has 2 heterocycles. The molecule has 1 aromatic heterocycles. The quantitative estimate of drug-likeness (QED) is 0.812. The predicted molar refractivity (Wildman–Crippen MR) is 57.0 cm³/mol. The average molecular weight is 208 g/mol. The summed E-state index contributed by atoms with van der Waals surface area (Å²) in [7, 11) is 0. The number of aryl methyl sites for hydroxylation is 1. The Labute approximate surface area is 88.7 Å². The molecule has 1 saturated heterocycles. The van der Waals surface area contributed by atoms with Gasteiger partial charge in [0.25, 0.3) is 5.56 Å². The molecule has 0 radical (unpaired) electrons. The van der Waals surface area contributed by atoms with Crippen LogP contribution in [0, 0.1) is 0 Å². The Morgan fingerprint density at radius 3 is 3.20 bits per heavy atom. The van der Waals surface area contributed by atoms with Crippen LogP contribution in [-0.4, -0.2) is 23.2 Å². The maximum Gasteiger partial charge on any atom is 0.251 e. The van der Waals surface area contributed by atoms with Gasteiger partial charge in [-0.25, -0.2) is 4.98 Å². The van der Waals surface area contributed by atoms with E-state index in [0.717, 1.165) is 37.4 Å². The summed E-state index contributed by atoms with van der Waals surface area (Å²) < 4.78 is 5.29. The van der Waals surface area contributed by atoms with E-state index in [2.05, 4.69) is 16.9 Å². The highest BCUT2D eigenvalue weighted by Crippen LogP contribution is 2.21. The summed E-state index contributed by atoms with van der Waals surface area (Å²) in [5, 5.41) is 0. The summed E-state index contributed by atoms with van der Waals surface area (Å²) in [6.45, 7) is 3.53. The molecule has 0 aromatic carbocycles. The lowest BCUT2D eigenvalue weighted by Gasteiger charge is -2.07. The molecule has 0 aliphatic carbocycles. The first-order valence-electron chi connectivity index (χ1n) is 5.47. The van der Waals surface area contributed by atoms with Crippen molar-refractivity contribution in [1.82, 2.24) is 9.97 Å². The number of ether oxygens (including phenoxy) is 1. The molecule has 4 nitrogen and oxygen atoms in total. The standard InChI is InChI=1S/C11H16N2O2/c1-2-3-9-6-10(14)13-11(12-9)8-4-5-15-7-8/h6,8H,2-5,7H2,1H3,(H,12,13,14). The lowest BCUT2D eigenvalue weighted by molar-refractivity contribution is 0.193. The summed E-state index contributed by atoms with van der Waals surface area (Å²) in [5.74, 6) is 1.07. The molecule has 15 heavy (non-hydrogen) atoms. The largest absolute Gasteiger partial charge is 0.381 e. The number of hydrogen-bond donors (Lipinski definition) is 1. The van der Waals surface area contributed by atoms with Gasteiger partial charge in [0.2, 0.25) is 0 Å². The van der Waals surface area contributed by atoms with E-state index in [1.807, 2.05) is 0 Å². The molecule has 0 bridgehead atoms. The fraction of sp³-hybridized carbons (Fsp3) is 0.636. The zero-order valence-corrected chi connectivity index (χ0v) is 8.95. The van der Waals surface area contributed by atoms with Crippen molar-refractivity contribution in [1.29, 1.82) is 0 Å². The first kappa shape index (κ1) is 10.4. The number of rotatable bonds is 3. The summed E-state index contributed by atoms with van der Waals surface area (Å²) >= 11 is 0. The van der Waals surface area contributed by atoms with Gasteiger partial charge in [0.1, 0.15) is 5.82 Å². The fourth-order valence-electron chi connectivity index (χ4n) is 1.86.